The van der Waals surface area contributed by atoms with E-state index < -0.39 is 34.1 Å². The fraction of sp³-hybridized carbons (Fsp3) is 0.429. The Balaban J connectivity index is 1.83. The molecule has 1 N–H and O–H groups in total. The number of nitrogens with zero attached hydrogens (tertiary/aromatic N) is 2. The Bertz CT molecular complexity index is 1080. The van der Waals surface area contributed by atoms with Crippen molar-refractivity contribution < 1.29 is 17.9 Å². The molecule has 1 saturated heterocycles. The second-order valence-electron chi connectivity index (χ2n) is 7.33. The van der Waals surface area contributed by atoms with Gasteiger partial charge in [0.15, 0.2) is 5.82 Å². The predicted octanol–water partition coefficient (Wildman–Crippen LogP) is 4.19. The molecule has 29 heavy (non-hydrogen) atoms. The van der Waals surface area contributed by atoms with Crippen molar-refractivity contribution in [3.8, 4) is 11.3 Å². The first-order valence-electron chi connectivity index (χ1n) is 9.84. The Labute approximate surface area is 165 Å². The highest BCUT2D eigenvalue weighted by Gasteiger charge is 2.24. The summed E-state index contributed by atoms with van der Waals surface area (Å²) in [4.78, 5) is 15.5. The highest BCUT2D eigenvalue weighted by molar-refractivity contribution is 5.81. The molecule has 5 nitrogen and oxygen atoms in total. The van der Waals surface area contributed by atoms with Gasteiger partial charge in [-0.05, 0) is 43.7 Å². The minimum atomic E-state index is -1.21. The molecule has 1 aliphatic heterocycles. The third-order valence-corrected chi connectivity index (χ3v) is 5.55. The average molecular weight is 405 g/mol. The Morgan fingerprint density at radius 2 is 1.90 bits per heavy atom. The van der Waals surface area contributed by atoms with Crippen LogP contribution in [-0.4, -0.2) is 28.0 Å². The van der Waals surface area contributed by atoms with Gasteiger partial charge in [0.2, 0.25) is 5.43 Å². The van der Waals surface area contributed by atoms with Crippen LogP contribution in [-0.2, 0) is 17.7 Å². The molecule has 1 fully saturated rings. The molecule has 0 aliphatic carbocycles. The SMILES string of the molecule is CCc1nn(CCC2CCOCC2)c2[nH]c(-c3c(F)cccc3F)c(F)c(=O)c12. The molecule has 154 valence electrons. The number of nitrogens with one attached hydrogen (secondary N) is 1. The molecule has 8 heteroatoms. The number of hydrogen-bond acceptors (Lipinski definition) is 3. The smallest absolute Gasteiger partial charge is 0.229 e. The van der Waals surface area contributed by atoms with E-state index >= 15 is 0 Å². The average Bonchev–Trinajstić information content (AvgIpc) is 3.08. The molecule has 3 aromatic rings. The van der Waals surface area contributed by atoms with Crippen molar-refractivity contribution in [2.75, 3.05) is 13.2 Å². The van der Waals surface area contributed by atoms with E-state index in [1.165, 1.54) is 6.07 Å². The summed E-state index contributed by atoms with van der Waals surface area (Å²) in [6, 6.07) is 3.25. The van der Waals surface area contributed by atoms with E-state index in [1.54, 1.807) is 4.68 Å². The first-order valence-corrected chi connectivity index (χ1v) is 9.84. The zero-order valence-electron chi connectivity index (χ0n) is 16.1. The third-order valence-electron chi connectivity index (χ3n) is 5.55. The summed E-state index contributed by atoms with van der Waals surface area (Å²) >= 11 is 0. The van der Waals surface area contributed by atoms with Crippen LogP contribution in [0, 0.1) is 23.4 Å². The van der Waals surface area contributed by atoms with Gasteiger partial charge < -0.3 is 9.72 Å². The number of ether oxygens (including phenoxy) is 1. The van der Waals surface area contributed by atoms with Crippen LogP contribution in [0.15, 0.2) is 23.0 Å². The number of aryl methyl sites for hydroxylation is 2. The number of aromatic nitrogens is 3. The number of halogens is 3. The number of aromatic amines is 1. The Kier molecular flexibility index (Phi) is 5.45. The van der Waals surface area contributed by atoms with E-state index in [4.69, 9.17) is 4.74 Å². The second kappa shape index (κ2) is 8.02. The zero-order valence-corrected chi connectivity index (χ0v) is 16.1. The molecule has 1 aromatic carbocycles. The van der Waals surface area contributed by atoms with Crippen molar-refractivity contribution in [2.24, 2.45) is 5.92 Å². The van der Waals surface area contributed by atoms with Gasteiger partial charge in [0.1, 0.15) is 17.3 Å². The van der Waals surface area contributed by atoms with E-state index in [9.17, 15) is 18.0 Å². The number of rotatable bonds is 5. The lowest BCUT2D eigenvalue weighted by Crippen LogP contribution is -2.18. The largest absolute Gasteiger partial charge is 0.381 e. The van der Waals surface area contributed by atoms with Gasteiger partial charge in [0.05, 0.1) is 22.3 Å². The van der Waals surface area contributed by atoms with Crippen LogP contribution in [0.3, 0.4) is 0 Å². The third kappa shape index (κ3) is 3.57. The first kappa shape index (κ1) is 19.7. The molecule has 2 aromatic heterocycles. The zero-order chi connectivity index (χ0) is 20.5. The fourth-order valence-electron chi connectivity index (χ4n) is 3.93. The summed E-state index contributed by atoms with van der Waals surface area (Å²) in [6.45, 7) is 3.79. The molecule has 0 unspecified atom stereocenters. The van der Waals surface area contributed by atoms with Gasteiger partial charge in [-0.3, -0.25) is 4.79 Å². The molecule has 0 saturated carbocycles. The maximum Gasteiger partial charge on any atom is 0.229 e. The highest BCUT2D eigenvalue weighted by Crippen LogP contribution is 2.28. The highest BCUT2D eigenvalue weighted by atomic mass is 19.1. The van der Waals surface area contributed by atoms with Gasteiger partial charge in [-0.2, -0.15) is 5.10 Å². The summed E-state index contributed by atoms with van der Waals surface area (Å²) in [6.07, 6.45) is 3.18. The monoisotopic (exact) mass is 405 g/mol. The summed E-state index contributed by atoms with van der Waals surface area (Å²) in [5.74, 6) is -2.62. The van der Waals surface area contributed by atoms with Crippen molar-refractivity contribution in [2.45, 2.75) is 39.2 Å². The number of benzene rings is 1. The van der Waals surface area contributed by atoms with Gasteiger partial charge in [0, 0.05) is 19.8 Å². The lowest BCUT2D eigenvalue weighted by Gasteiger charge is -2.21. The molecular formula is C21H22F3N3O2. The summed E-state index contributed by atoms with van der Waals surface area (Å²) in [5.41, 5.74) is -1.22. The minimum Gasteiger partial charge on any atom is -0.381 e. The van der Waals surface area contributed by atoms with Crippen molar-refractivity contribution in [3.63, 3.8) is 0 Å². The van der Waals surface area contributed by atoms with Gasteiger partial charge in [-0.15, -0.1) is 0 Å². The molecular weight excluding hydrogens is 383 g/mol. The predicted molar refractivity (Wildman–Crippen MR) is 103 cm³/mol. The van der Waals surface area contributed by atoms with Crippen molar-refractivity contribution >= 4 is 11.0 Å². The van der Waals surface area contributed by atoms with E-state index in [2.05, 4.69) is 10.1 Å². The van der Waals surface area contributed by atoms with Crippen LogP contribution in [0.2, 0.25) is 0 Å². The van der Waals surface area contributed by atoms with Gasteiger partial charge in [0.25, 0.3) is 0 Å². The molecule has 0 atom stereocenters. The van der Waals surface area contributed by atoms with Crippen LogP contribution in [0.25, 0.3) is 22.3 Å². The standard InChI is InChI=1S/C21H22F3N3O2/c1-2-15-17-20(28)18(24)19(16-13(22)4-3-5-14(16)23)25-21(17)27(26-15)9-6-12-7-10-29-11-8-12/h3-5,12H,2,6-11H2,1H3,(H,25,28). The number of hydrogen-bond donors (Lipinski definition) is 1. The summed E-state index contributed by atoms with van der Waals surface area (Å²) < 4.78 is 50.3. The summed E-state index contributed by atoms with van der Waals surface area (Å²) in [5, 5.41) is 4.61. The summed E-state index contributed by atoms with van der Waals surface area (Å²) in [7, 11) is 0. The normalized spacial score (nSPS) is 15.3. The van der Waals surface area contributed by atoms with Gasteiger partial charge in [-0.25, -0.2) is 17.9 Å². The molecule has 4 rings (SSSR count). The van der Waals surface area contributed by atoms with Gasteiger partial charge in [-0.1, -0.05) is 13.0 Å². The Hall–Kier alpha value is -2.61. The van der Waals surface area contributed by atoms with Crippen LogP contribution < -0.4 is 5.43 Å². The molecule has 1 aliphatic rings. The Morgan fingerprint density at radius 3 is 2.55 bits per heavy atom. The molecule has 0 bridgehead atoms. The molecule has 3 heterocycles. The van der Waals surface area contributed by atoms with Crippen LogP contribution in [0.5, 0.6) is 0 Å². The molecule has 0 spiro atoms. The maximum atomic E-state index is 14.9. The number of fused-ring (bicyclic) bond motifs is 1. The number of pyridine rings is 1. The van der Waals surface area contributed by atoms with E-state index in [1.807, 2.05) is 6.92 Å². The van der Waals surface area contributed by atoms with Crippen LogP contribution in [0.4, 0.5) is 13.2 Å². The molecule has 0 amide bonds. The maximum absolute atomic E-state index is 14.9. The Morgan fingerprint density at radius 1 is 1.21 bits per heavy atom. The molecule has 0 radical (unpaired) electrons. The fourth-order valence-corrected chi connectivity index (χ4v) is 3.93. The first-order chi connectivity index (χ1) is 14.0. The lowest BCUT2D eigenvalue weighted by atomic mass is 9.97. The van der Waals surface area contributed by atoms with E-state index in [0.717, 1.165) is 44.6 Å². The van der Waals surface area contributed by atoms with Crippen molar-refractivity contribution in [1.82, 2.24) is 14.8 Å². The van der Waals surface area contributed by atoms with E-state index in [-0.39, 0.29) is 11.0 Å². The van der Waals surface area contributed by atoms with Crippen molar-refractivity contribution in [1.29, 1.82) is 0 Å². The topological polar surface area (TPSA) is 59.9 Å². The second-order valence-corrected chi connectivity index (χ2v) is 7.33. The van der Waals surface area contributed by atoms with Crippen molar-refractivity contribution in [3.05, 3.63) is 51.6 Å². The number of H-pyrrole nitrogens is 1. The minimum absolute atomic E-state index is 0.137. The van der Waals surface area contributed by atoms with Gasteiger partial charge >= 0.3 is 0 Å². The quantitative estimate of drug-likeness (QED) is 0.693. The van der Waals surface area contributed by atoms with Crippen LogP contribution >= 0.6 is 0 Å². The van der Waals surface area contributed by atoms with E-state index in [0.29, 0.717) is 24.6 Å². The van der Waals surface area contributed by atoms with Crippen LogP contribution in [0.1, 0.15) is 31.9 Å². The lowest BCUT2D eigenvalue weighted by molar-refractivity contribution is 0.0624.